The molecule has 0 bridgehead atoms. The zero-order chi connectivity index (χ0) is 25.4. The van der Waals surface area contributed by atoms with Crippen LogP contribution in [0, 0.1) is 12.8 Å². The molecule has 0 saturated carbocycles. The van der Waals surface area contributed by atoms with Crippen molar-refractivity contribution >= 4 is 22.7 Å². The molecule has 0 spiro atoms. The fraction of sp³-hybridized carbons (Fsp3) is 0.276. The maximum atomic E-state index is 13.8. The number of pyridine rings is 1. The summed E-state index contributed by atoms with van der Waals surface area (Å²) >= 11 is 0. The number of hydrogen-bond acceptors (Lipinski definition) is 6. The van der Waals surface area contributed by atoms with E-state index >= 15 is 0 Å². The van der Waals surface area contributed by atoms with Crippen LogP contribution in [-0.4, -0.2) is 24.6 Å². The molecule has 7 heteroatoms. The first-order valence-electron chi connectivity index (χ1n) is 12.0. The number of amides is 1. The van der Waals surface area contributed by atoms with Gasteiger partial charge in [-0.25, -0.2) is 4.98 Å². The fourth-order valence-electron chi connectivity index (χ4n) is 4.56. The summed E-state index contributed by atoms with van der Waals surface area (Å²) in [6.07, 6.45) is 2.55. The van der Waals surface area contributed by atoms with E-state index in [-0.39, 0.29) is 11.2 Å². The number of carbonyl (C=O) groups is 1. The van der Waals surface area contributed by atoms with Crippen LogP contribution in [-0.2, 0) is 0 Å². The van der Waals surface area contributed by atoms with Gasteiger partial charge in [-0.2, -0.15) is 0 Å². The van der Waals surface area contributed by atoms with Crippen molar-refractivity contribution < 1.29 is 18.7 Å². The van der Waals surface area contributed by atoms with E-state index in [0.717, 1.165) is 12.0 Å². The van der Waals surface area contributed by atoms with Gasteiger partial charge in [0.2, 0.25) is 5.76 Å². The summed E-state index contributed by atoms with van der Waals surface area (Å²) in [5.41, 5.74) is 1.93. The van der Waals surface area contributed by atoms with Crippen LogP contribution in [0.15, 0.2) is 70.0 Å². The second-order valence-electron chi connectivity index (χ2n) is 9.33. The Balaban J connectivity index is 1.69. The molecule has 1 aliphatic heterocycles. The number of nitrogens with zero attached hydrogens (tertiary/aromatic N) is 2. The molecule has 0 aliphatic carbocycles. The Hall–Kier alpha value is -4.13. The van der Waals surface area contributed by atoms with Crippen molar-refractivity contribution in [2.24, 2.45) is 5.92 Å². The van der Waals surface area contributed by atoms with E-state index in [9.17, 15) is 9.59 Å². The number of benzene rings is 2. The number of anilines is 1. The maximum Gasteiger partial charge on any atom is 0.296 e. The van der Waals surface area contributed by atoms with Crippen molar-refractivity contribution in [3.8, 4) is 11.5 Å². The van der Waals surface area contributed by atoms with E-state index in [4.69, 9.17) is 13.9 Å². The normalized spacial score (nSPS) is 15.0. The summed E-state index contributed by atoms with van der Waals surface area (Å²) in [5.74, 6) is 1.75. The first-order valence-corrected chi connectivity index (χ1v) is 12.0. The predicted molar refractivity (Wildman–Crippen MR) is 138 cm³/mol. The molecule has 4 aromatic rings. The average molecular weight is 485 g/mol. The highest BCUT2D eigenvalue weighted by molar-refractivity contribution is 6.10. The second kappa shape index (κ2) is 9.49. The molecule has 5 rings (SSSR count). The van der Waals surface area contributed by atoms with E-state index in [1.165, 1.54) is 4.90 Å². The van der Waals surface area contributed by atoms with Gasteiger partial charge in [0, 0.05) is 6.20 Å². The van der Waals surface area contributed by atoms with Gasteiger partial charge < -0.3 is 13.9 Å². The van der Waals surface area contributed by atoms with Gasteiger partial charge in [-0.15, -0.1) is 0 Å². The molecule has 0 fully saturated rings. The lowest BCUT2D eigenvalue weighted by Crippen LogP contribution is -2.31. The predicted octanol–water partition coefficient (Wildman–Crippen LogP) is 5.68. The minimum atomic E-state index is -0.736. The highest BCUT2D eigenvalue weighted by Gasteiger charge is 2.45. The van der Waals surface area contributed by atoms with E-state index in [1.54, 1.807) is 37.6 Å². The third-order valence-corrected chi connectivity index (χ3v) is 6.44. The summed E-state index contributed by atoms with van der Waals surface area (Å²) < 4.78 is 17.6. The quantitative estimate of drug-likeness (QED) is 0.336. The number of methoxy groups -OCH3 is 1. The van der Waals surface area contributed by atoms with Crippen LogP contribution in [0.3, 0.4) is 0 Å². The van der Waals surface area contributed by atoms with Crippen molar-refractivity contribution in [2.45, 2.75) is 33.2 Å². The number of aromatic nitrogens is 1. The van der Waals surface area contributed by atoms with Crippen LogP contribution in [0.1, 0.15) is 53.6 Å². The van der Waals surface area contributed by atoms with Crippen LogP contribution in [0.5, 0.6) is 11.5 Å². The molecule has 1 aliphatic rings. The lowest BCUT2D eigenvalue weighted by molar-refractivity contribution is 0.0970. The van der Waals surface area contributed by atoms with E-state index in [0.29, 0.717) is 51.9 Å². The number of rotatable bonds is 7. The molecule has 0 N–H and O–H groups in total. The molecular weight excluding hydrogens is 456 g/mol. The Morgan fingerprint density at radius 2 is 1.86 bits per heavy atom. The summed E-state index contributed by atoms with van der Waals surface area (Å²) in [5, 5.41) is 0.425. The van der Waals surface area contributed by atoms with E-state index in [1.807, 2.05) is 37.3 Å². The molecule has 1 amide bonds. The molecule has 1 unspecified atom stereocenters. The Kier molecular flexibility index (Phi) is 6.22. The molecule has 184 valence electrons. The van der Waals surface area contributed by atoms with Crippen molar-refractivity contribution in [2.75, 3.05) is 18.6 Å². The van der Waals surface area contributed by atoms with Crippen molar-refractivity contribution in [3.63, 3.8) is 0 Å². The van der Waals surface area contributed by atoms with Crippen molar-refractivity contribution in [1.82, 2.24) is 4.98 Å². The Labute approximate surface area is 209 Å². The van der Waals surface area contributed by atoms with Crippen LogP contribution >= 0.6 is 0 Å². The third kappa shape index (κ3) is 4.00. The highest BCUT2D eigenvalue weighted by Crippen LogP contribution is 2.43. The zero-order valence-corrected chi connectivity index (χ0v) is 20.8. The topological polar surface area (TPSA) is 81.9 Å². The van der Waals surface area contributed by atoms with Crippen LogP contribution < -0.4 is 19.8 Å². The number of carbonyl (C=O) groups excluding carboxylic acids is 1. The first kappa shape index (κ1) is 23.6. The number of aryl methyl sites for hydroxylation is 1. The van der Waals surface area contributed by atoms with Gasteiger partial charge in [-0.05, 0) is 60.7 Å². The van der Waals surface area contributed by atoms with Crippen LogP contribution in [0.4, 0.5) is 5.82 Å². The molecule has 36 heavy (non-hydrogen) atoms. The molecular formula is C29H28N2O5. The fourth-order valence-corrected chi connectivity index (χ4v) is 4.56. The SMILES string of the molecule is COc1cc(C2c3c(oc4ccccc4c3=O)C(=O)N2c2ncccc2C)ccc1OCCC(C)C. The highest BCUT2D eigenvalue weighted by atomic mass is 16.5. The maximum absolute atomic E-state index is 13.8. The van der Waals surface area contributed by atoms with Gasteiger partial charge >= 0.3 is 0 Å². The Morgan fingerprint density at radius 1 is 1.06 bits per heavy atom. The van der Waals surface area contributed by atoms with Gasteiger partial charge in [0.15, 0.2) is 16.9 Å². The number of para-hydroxylation sites is 1. The molecule has 2 aromatic carbocycles. The first-order chi connectivity index (χ1) is 17.4. The summed E-state index contributed by atoms with van der Waals surface area (Å²) in [7, 11) is 1.57. The lowest BCUT2D eigenvalue weighted by atomic mass is 9.98. The van der Waals surface area contributed by atoms with Crippen LogP contribution in [0.2, 0.25) is 0 Å². The largest absolute Gasteiger partial charge is 0.493 e. The zero-order valence-electron chi connectivity index (χ0n) is 20.8. The smallest absolute Gasteiger partial charge is 0.296 e. The van der Waals surface area contributed by atoms with Crippen molar-refractivity contribution in [3.05, 3.63) is 93.5 Å². The van der Waals surface area contributed by atoms with Crippen LogP contribution in [0.25, 0.3) is 11.0 Å². The third-order valence-electron chi connectivity index (χ3n) is 6.44. The lowest BCUT2D eigenvalue weighted by Gasteiger charge is -2.26. The molecule has 3 heterocycles. The summed E-state index contributed by atoms with van der Waals surface area (Å²) in [6, 6.07) is 15.4. The molecule has 7 nitrogen and oxygen atoms in total. The number of fused-ring (bicyclic) bond motifs is 2. The minimum Gasteiger partial charge on any atom is -0.493 e. The Morgan fingerprint density at radius 3 is 2.61 bits per heavy atom. The standard InChI is InChI=1S/C29H28N2O5/c1-17(2)13-15-35-22-12-11-19(16-23(22)34-4)25-24-26(32)20-9-5-6-10-21(20)36-27(24)29(33)31(25)28-18(3)8-7-14-30-28/h5-12,14,16-17,25H,13,15H2,1-4H3. The van der Waals surface area contributed by atoms with Crippen molar-refractivity contribution in [1.29, 1.82) is 0 Å². The van der Waals surface area contributed by atoms with Gasteiger partial charge in [-0.1, -0.05) is 38.1 Å². The Bertz CT molecular complexity index is 1510. The van der Waals surface area contributed by atoms with E-state index < -0.39 is 11.9 Å². The van der Waals surface area contributed by atoms with E-state index in [2.05, 4.69) is 18.8 Å². The molecule has 0 saturated heterocycles. The van der Waals surface area contributed by atoms with Gasteiger partial charge in [0.05, 0.1) is 30.7 Å². The monoisotopic (exact) mass is 484 g/mol. The number of ether oxygens (including phenoxy) is 2. The van der Waals surface area contributed by atoms with Gasteiger partial charge in [-0.3, -0.25) is 14.5 Å². The average Bonchev–Trinajstić information content (AvgIpc) is 3.16. The van der Waals surface area contributed by atoms with Gasteiger partial charge in [0.1, 0.15) is 11.4 Å². The molecule has 2 aromatic heterocycles. The summed E-state index contributed by atoms with van der Waals surface area (Å²) in [6.45, 7) is 6.73. The molecule has 0 radical (unpaired) electrons. The van der Waals surface area contributed by atoms with Gasteiger partial charge in [0.25, 0.3) is 5.91 Å². The minimum absolute atomic E-state index is 0.0324. The summed E-state index contributed by atoms with van der Waals surface area (Å²) in [4.78, 5) is 33.5. The second-order valence-corrected chi connectivity index (χ2v) is 9.33. The number of hydrogen-bond donors (Lipinski definition) is 0. The molecule has 1 atom stereocenters.